The Morgan fingerprint density at radius 2 is 1.58 bits per heavy atom. The third-order valence-electron chi connectivity index (χ3n) is 5.29. The van der Waals surface area contributed by atoms with Crippen LogP contribution < -0.4 is 10.1 Å². The first-order valence-electron chi connectivity index (χ1n) is 10.7. The van der Waals surface area contributed by atoms with Gasteiger partial charge in [-0.2, -0.15) is 0 Å². The zero-order valence-electron chi connectivity index (χ0n) is 19.1. The molecule has 6 heteroatoms. The molecule has 172 valence electrons. The summed E-state index contributed by atoms with van der Waals surface area (Å²) in [6, 6.07) is 25.1. The van der Waals surface area contributed by atoms with Gasteiger partial charge in [-0.3, -0.25) is 4.79 Å². The molecular formula is C27H29NO5. The highest BCUT2D eigenvalue weighted by Gasteiger charge is 2.30. The van der Waals surface area contributed by atoms with Crippen LogP contribution in [0.5, 0.6) is 5.75 Å². The summed E-state index contributed by atoms with van der Waals surface area (Å²) in [5.41, 5.74) is 2.82. The van der Waals surface area contributed by atoms with Crippen molar-refractivity contribution in [1.29, 1.82) is 0 Å². The van der Waals surface area contributed by atoms with E-state index in [1.165, 1.54) is 7.11 Å². The van der Waals surface area contributed by atoms with Gasteiger partial charge in [0.05, 0.1) is 0 Å². The van der Waals surface area contributed by atoms with Gasteiger partial charge in [0.15, 0.2) is 11.7 Å². The average molecular weight is 448 g/mol. The number of carboxylic acids is 1. The van der Waals surface area contributed by atoms with Gasteiger partial charge in [-0.1, -0.05) is 60.7 Å². The molecule has 0 unspecified atom stereocenters. The van der Waals surface area contributed by atoms with E-state index in [9.17, 15) is 14.7 Å². The van der Waals surface area contributed by atoms with Crippen LogP contribution in [0.4, 0.5) is 0 Å². The van der Waals surface area contributed by atoms with Crippen molar-refractivity contribution in [2.45, 2.75) is 38.5 Å². The molecule has 0 aromatic heterocycles. The first-order chi connectivity index (χ1) is 15.8. The summed E-state index contributed by atoms with van der Waals surface area (Å²) in [5.74, 6) is -0.794. The topological polar surface area (TPSA) is 84.9 Å². The van der Waals surface area contributed by atoms with Crippen molar-refractivity contribution < 1.29 is 24.2 Å². The lowest BCUT2D eigenvalue weighted by Gasteiger charge is -2.26. The summed E-state index contributed by atoms with van der Waals surface area (Å²) in [4.78, 5) is 24.1. The number of hydrogen-bond acceptors (Lipinski definition) is 4. The number of benzene rings is 3. The summed E-state index contributed by atoms with van der Waals surface area (Å²) >= 11 is 0. The Hall–Kier alpha value is -3.64. The largest absolute Gasteiger partial charge is 0.479 e. The highest BCUT2D eigenvalue weighted by molar-refractivity contribution is 5.84. The molecule has 3 rings (SSSR count). The van der Waals surface area contributed by atoms with E-state index in [0.717, 1.165) is 22.3 Å². The molecule has 0 heterocycles. The standard InChI is InChI=1S/C27H29NO5/c1-27(2,33-23-14-8-9-19(16-23)17-24(32-3)25(29)30)26(31)28-18-20-10-7-13-22(15-20)21-11-5-4-6-12-21/h4-16,24H,17-18H2,1-3H3,(H,28,31)(H,29,30)/t24-/m0/s1. The molecule has 0 aliphatic heterocycles. The summed E-state index contributed by atoms with van der Waals surface area (Å²) in [7, 11) is 1.36. The lowest BCUT2D eigenvalue weighted by molar-refractivity contribution is -0.148. The van der Waals surface area contributed by atoms with Crippen LogP contribution in [0.1, 0.15) is 25.0 Å². The van der Waals surface area contributed by atoms with Crippen molar-refractivity contribution in [2.24, 2.45) is 0 Å². The Morgan fingerprint density at radius 3 is 2.27 bits per heavy atom. The fourth-order valence-corrected chi connectivity index (χ4v) is 3.45. The number of aliphatic carboxylic acids is 1. The van der Waals surface area contributed by atoms with Gasteiger partial charge in [-0.15, -0.1) is 0 Å². The number of carbonyl (C=O) groups is 2. The molecule has 0 saturated carbocycles. The number of carbonyl (C=O) groups excluding carboxylic acids is 1. The van der Waals surface area contributed by atoms with Gasteiger partial charge >= 0.3 is 5.97 Å². The number of rotatable bonds is 10. The van der Waals surface area contributed by atoms with E-state index < -0.39 is 17.7 Å². The normalized spacial score (nSPS) is 12.1. The second-order valence-corrected chi connectivity index (χ2v) is 8.28. The number of nitrogens with one attached hydrogen (secondary N) is 1. The SMILES string of the molecule is CO[C@@H](Cc1cccc(OC(C)(C)C(=O)NCc2cccc(-c3ccccc3)c2)c1)C(=O)O. The van der Waals surface area contributed by atoms with Crippen molar-refractivity contribution in [3.05, 3.63) is 90.0 Å². The van der Waals surface area contributed by atoms with Crippen molar-refractivity contribution in [3.63, 3.8) is 0 Å². The number of amides is 1. The number of ether oxygens (including phenoxy) is 2. The van der Waals surface area contributed by atoms with Gasteiger partial charge in [0.1, 0.15) is 5.75 Å². The van der Waals surface area contributed by atoms with Crippen LogP contribution in [-0.4, -0.2) is 35.8 Å². The molecule has 6 nitrogen and oxygen atoms in total. The molecule has 1 atom stereocenters. The Labute approximate surface area is 194 Å². The Morgan fingerprint density at radius 1 is 0.909 bits per heavy atom. The lowest BCUT2D eigenvalue weighted by Crippen LogP contribution is -2.46. The maximum absolute atomic E-state index is 12.9. The molecule has 0 radical (unpaired) electrons. The highest BCUT2D eigenvalue weighted by Crippen LogP contribution is 2.22. The van der Waals surface area contributed by atoms with Crippen molar-refractivity contribution in [2.75, 3.05) is 7.11 Å². The molecule has 0 spiro atoms. The maximum Gasteiger partial charge on any atom is 0.333 e. The van der Waals surface area contributed by atoms with Gasteiger partial charge in [-0.25, -0.2) is 4.79 Å². The van der Waals surface area contributed by atoms with Gasteiger partial charge in [0.2, 0.25) is 0 Å². The van der Waals surface area contributed by atoms with Crippen LogP contribution in [0.15, 0.2) is 78.9 Å². The minimum absolute atomic E-state index is 0.202. The molecule has 2 N–H and O–H groups in total. The second-order valence-electron chi connectivity index (χ2n) is 8.28. The third kappa shape index (κ3) is 6.67. The second kappa shape index (κ2) is 10.8. The Bertz CT molecular complexity index is 1090. The van der Waals surface area contributed by atoms with E-state index in [0.29, 0.717) is 12.3 Å². The fraction of sp³-hybridized carbons (Fsp3) is 0.259. The quantitative estimate of drug-likeness (QED) is 0.479. The molecule has 0 bridgehead atoms. The first-order valence-corrected chi connectivity index (χ1v) is 10.7. The number of hydrogen-bond donors (Lipinski definition) is 2. The molecule has 1 amide bonds. The van der Waals surface area contributed by atoms with Crippen LogP contribution in [0.2, 0.25) is 0 Å². The van der Waals surface area contributed by atoms with Crippen LogP contribution in [0.3, 0.4) is 0 Å². The molecule has 0 saturated heterocycles. The minimum atomic E-state index is -1.12. The Kier molecular flexibility index (Phi) is 7.85. The zero-order chi connectivity index (χ0) is 23.8. The molecular weight excluding hydrogens is 418 g/mol. The first kappa shape index (κ1) is 24.0. The number of methoxy groups -OCH3 is 1. The van der Waals surface area contributed by atoms with E-state index in [1.807, 2.05) is 48.5 Å². The van der Waals surface area contributed by atoms with E-state index in [1.54, 1.807) is 38.1 Å². The predicted molar refractivity (Wildman–Crippen MR) is 127 cm³/mol. The van der Waals surface area contributed by atoms with E-state index >= 15 is 0 Å². The van der Waals surface area contributed by atoms with Crippen LogP contribution in [-0.2, 0) is 27.3 Å². The van der Waals surface area contributed by atoms with Crippen LogP contribution in [0.25, 0.3) is 11.1 Å². The summed E-state index contributed by atoms with van der Waals surface area (Å²) < 4.78 is 11.0. The number of carboxylic acid groups (broad SMARTS) is 1. The third-order valence-corrected chi connectivity index (χ3v) is 5.29. The van der Waals surface area contributed by atoms with E-state index in [4.69, 9.17) is 9.47 Å². The van der Waals surface area contributed by atoms with Crippen LogP contribution in [0, 0.1) is 0 Å². The summed E-state index contributed by atoms with van der Waals surface area (Å²) in [6.45, 7) is 3.77. The van der Waals surface area contributed by atoms with Crippen molar-refractivity contribution >= 4 is 11.9 Å². The molecule has 3 aromatic rings. The molecule has 3 aromatic carbocycles. The van der Waals surface area contributed by atoms with Gasteiger partial charge < -0.3 is 19.9 Å². The maximum atomic E-state index is 12.9. The molecule has 0 aliphatic rings. The minimum Gasteiger partial charge on any atom is -0.479 e. The molecule has 33 heavy (non-hydrogen) atoms. The molecule has 0 aliphatic carbocycles. The predicted octanol–water partition coefficient (Wildman–Crippen LogP) is 4.47. The van der Waals surface area contributed by atoms with Crippen molar-refractivity contribution in [1.82, 2.24) is 5.32 Å². The van der Waals surface area contributed by atoms with Crippen molar-refractivity contribution in [3.8, 4) is 16.9 Å². The summed E-state index contributed by atoms with van der Waals surface area (Å²) in [5, 5.41) is 12.1. The monoisotopic (exact) mass is 447 g/mol. The zero-order valence-corrected chi connectivity index (χ0v) is 19.1. The molecule has 0 fully saturated rings. The summed E-state index contributed by atoms with van der Waals surface area (Å²) in [6.07, 6.45) is -0.740. The Balaban J connectivity index is 1.62. The van der Waals surface area contributed by atoms with E-state index in [-0.39, 0.29) is 12.3 Å². The van der Waals surface area contributed by atoms with Gasteiger partial charge in [-0.05, 0) is 54.3 Å². The van der Waals surface area contributed by atoms with Crippen LogP contribution >= 0.6 is 0 Å². The highest BCUT2D eigenvalue weighted by atomic mass is 16.5. The van der Waals surface area contributed by atoms with Gasteiger partial charge in [0.25, 0.3) is 5.91 Å². The van der Waals surface area contributed by atoms with E-state index in [2.05, 4.69) is 11.4 Å². The fourth-order valence-electron chi connectivity index (χ4n) is 3.45. The average Bonchev–Trinajstić information content (AvgIpc) is 2.81. The lowest BCUT2D eigenvalue weighted by atomic mass is 10.0. The smallest absolute Gasteiger partial charge is 0.333 e. The van der Waals surface area contributed by atoms with Gasteiger partial charge in [0, 0.05) is 20.1 Å².